The van der Waals surface area contributed by atoms with Crippen molar-refractivity contribution >= 4 is 11.6 Å². The fourth-order valence-electron chi connectivity index (χ4n) is 3.19. The molecule has 4 N–H and O–H groups in total. The van der Waals surface area contributed by atoms with Gasteiger partial charge in [-0.15, -0.1) is 0 Å². The third-order valence-corrected chi connectivity index (χ3v) is 4.65. The molecule has 0 atom stereocenters. The molecule has 0 saturated heterocycles. The molecule has 0 aliphatic heterocycles. The van der Waals surface area contributed by atoms with Gasteiger partial charge < -0.3 is 15.5 Å². The first-order valence-electron chi connectivity index (χ1n) is 8.79. The van der Waals surface area contributed by atoms with Crippen molar-refractivity contribution in [2.24, 2.45) is 0 Å². The Labute approximate surface area is 134 Å². The van der Waals surface area contributed by atoms with Crippen LogP contribution in [0.25, 0.3) is 0 Å². The lowest BCUT2D eigenvalue weighted by atomic mass is 10.1. The maximum Gasteiger partial charge on any atom is 0.279 e. The normalized spacial score (nSPS) is 13.4. The van der Waals surface area contributed by atoms with Gasteiger partial charge in [0, 0.05) is 12.1 Å². The molecule has 1 aliphatic carbocycles. The Balaban J connectivity index is 1.64. The van der Waals surface area contributed by atoms with Crippen LogP contribution in [0.3, 0.4) is 0 Å². The van der Waals surface area contributed by atoms with Crippen LogP contribution < -0.4 is 15.5 Å². The van der Waals surface area contributed by atoms with E-state index in [0.29, 0.717) is 6.54 Å². The number of benzene rings is 1. The van der Waals surface area contributed by atoms with Crippen LogP contribution in [0.1, 0.15) is 37.8 Å². The van der Waals surface area contributed by atoms with Crippen LogP contribution in [0, 0.1) is 0 Å². The number of fused-ring (bicyclic) bond motifs is 1. The van der Waals surface area contributed by atoms with Crippen molar-refractivity contribution in [2.75, 3.05) is 38.0 Å². The van der Waals surface area contributed by atoms with E-state index in [1.165, 1.54) is 50.0 Å². The molecule has 0 heterocycles. The van der Waals surface area contributed by atoms with Crippen LogP contribution in [0.15, 0.2) is 18.2 Å². The number of nitrogens with two attached hydrogens (primary N) is 1. The SMILES string of the molecule is CC[NH+](CC)CCC[NH2+]CC(=O)Nc1ccc2c(c1)CCC2. The first-order chi connectivity index (χ1) is 10.7. The molecule has 0 radical (unpaired) electrons. The minimum atomic E-state index is 0.105. The van der Waals surface area contributed by atoms with Crippen molar-refractivity contribution in [1.29, 1.82) is 0 Å². The molecule has 0 bridgehead atoms. The lowest BCUT2D eigenvalue weighted by Gasteiger charge is -2.14. The Hall–Kier alpha value is -1.39. The average molecular weight is 305 g/mol. The van der Waals surface area contributed by atoms with Gasteiger partial charge in [-0.05, 0) is 56.4 Å². The molecule has 0 fully saturated rings. The van der Waals surface area contributed by atoms with E-state index in [-0.39, 0.29) is 5.91 Å². The van der Waals surface area contributed by atoms with E-state index in [2.05, 4.69) is 36.6 Å². The number of amides is 1. The van der Waals surface area contributed by atoms with E-state index in [4.69, 9.17) is 0 Å². The number of aryl methyl sites for hydroxylation is 2. The topological polar surface area (TPSA) is 50.2 Å². The summed E-state index contributed by atoms with van der Waals surface area (Å²) in [4.78, 5) is 13.6. The monoisotopic (exact) mass is 305 g/mol. The number of quaternary nitrogens is 2. The molecule has 2 rings (SSSR count). The van der Waals surface area contributed by atoms with E-state index in [1.807, 2.05) is 6.07 Å². The van der Waals surface area contributed by atoms with Gasteiger partial charge in [-0.2, -0.15) is 0 Å². The highest BCUT2D eigenvalue weighted by Gasteiger charge is 2.12. The van der Waals surface area contributed by atoms with E-state index in [9.17, 15) is 4.79 Å². The van der Waals surface area contributed by atoms with Crippen molar-refractivity contribution < 1.29 is 15.0 Å². The number of carbonyl (C=O) groups excluding carboxylic acids is 1. The quantitative estimate of drug-likeness (QED) is 0.552. The lowest BCUT2D eigenvalue weighted by molar-refractivity contribution is -0.898. The second-order valence-electron chi connectivity index (χ2n) is 6.23. The van der Waals surface area contributed by atoms with E-state index >= 15 is 0 Å². The van der Waals surface area contributed by atoms with Gasteiger partial charge in [0.25, 0.3) is 5.91 Å². The zero-order chi connectivity index (χ0) is 15.8. The van der Waals surface area contributed by atoms with Crippen LogP contribution in [0.2, 0.25) is 0 Å². The standard InChI is InChI=1S/C18H29N3O/c1-3-21(4-2)12-6-11-19-14-18(22)20-17-10-9-15-7-5-8-16(15)13-17/h9-10,13,19H,3-8,11-12,14H2,1-2H3,(H,20,22)/p+2. The Morgan fingerprint density at radius 3 is 2.77 bits per heavy atom. The molecule has 0 unspecified atom stereocenters. The van der Waals surface area contributed by atoms with Gasteiger partial charge in [0.1, 0.15) is 0 Å². The molecular formula is C18H31N3O+2. The molecule has 1 aromatic rings. The number of hydrogen-bond donors (Lipinski definition) is 3. The Morgan fingerprint density at radius 2 is 2.00 bits per heavy atom. The third-order valence-electron chi connectivity index (χ3n) is 4.65. The summed E-state index contributed by atoms with van der Waals surface area (Å²) in [7, 11) is 0. The molecule has 4 heteroatoms. The van der Waals surface area contributed by atoms with Crippen molar-refractivity contribution in [1.82, 2.24) is 0 Å². The maximum absolute atomic E-state index is 12.0. The minimum Gasteiger partial charge on any atom is -0.338 e. The summed E-state index contributed by atoms with van der Waals surface area (Å²) in [5, 5.41) is 5.13. The molecule has 1 amide bonds. The second kappa shape index (κ2) is 8.91. The summed E-state index contributed by atoms with van der Waals surface area (Å²) >= 11 is 0. The van der Waals surface area contributed by atoms with Gasteiger partial charge in [0.05, 0.1) is 26.2 Å². The third kappa shape index (κ3) is 5.11. The van der Waals surface area contributed by atoms with E-state index in [1.54, 1.807) is 4.90 Å². The van der Waals surface area contributed by atoms with Gasteiger partial charge in [-0.1, -0.05) is 6.07 Å². The van der Waals surface area contributed by atoms with Crippen molar-refractivity contribution in [3.8, 4) is 0 Å². The van der Waals surface area contributed by atoms with Crippen LogP contribution >= 0.6 is 0 Å². The molecule has 4 nitrogen and oxygen atoms in total. The van der Waals surface area contributed by atoms with Gasteiger partial charge in [0.15, 0.2) is 6.54 Å². The Morgan fingerprint density at radius 1 is 1.23 bits per heavy atom. The second-order valence-corrected chi connectivity index (χ2v) is 6.23. The number of anilines is 1. The highest BCUT2D eigenvalue weighted by atomic mass is 16.1. The first kappa shape index (κ1) is 17.0. The first-order valence-corrected chi connectivity index (χ1v) is 8.79. The zero-order valence-corrected chi connectivity index (χ0v) is 14.1. The molecule has 1 aromatic carbocycles. The summed E-state index contributed by atoms with van der Waals surface area (Å²) in [6.45, 7) is 9.59. The van der Waals surface area contributed by atoms with Crippen LogP contribution in [-0.4, -0.2) is 38.6 Å². The van der Waals surface area contributed by atoms with Crippen LogP contribution in [0.5, 0.6) is 0 Å². The lowest BCUT2D eigenvalue weighted by Crippen LogP contribution is -3.11. The number of nitrogens with one attached hydrogen (secondary N) is 2. The van der Waals surface area contributed by atoms with Crippen LogP contribution in [-0.2, 0) is 17.6 Å². The molecule has 122 valence electrons. The summed E-state index contributed by atoms with van der Waals surface area (Å²) < 4.78 is 0. The molecule has 0 aromatic heterocycles. The maximum atomic E-state index is 12.0. The molecule has 22 heavy (non-hydrogen) atoms. The minimum absolute atomic E-state index is 0.105. The summed E-state index contributed by atoms with van der Waals surface area (Å²) in [6, 6.07) is 6.34. The van der Waals surface area contributed by atoms with Crippen LogP contribution in [0.4, 0.5) is 5.69 Å². The number of hydrogen-bond acceptors (Lipinski definition) is 1. The van der Waals surface area contributed by atoms with Gasteiger partial charge in [-0.25, -0.2) is 0 Å². The summed E-state index contributed by atoms with van der Waals surface area (Å²) in [5.41, 5.74) is 3.80. The highest BCUT2D eigenvalue weighted by molar-refractivity contribution is 5.91. The predicted molar refractivity (Wildman–Crippen MR) is 90.3 cm³/mol. The Kier molecular flexibility index (Phi) is 6.87. The van der Waals surface area contributed by atoms with E-state index in [0.717, 1.165) is 18.7 Å². The smallest absolute Gasteiger partial charge is 0.279 e. The van der Waals surface area contributed by atoms with Crippen molar-refractivity contribution in [3.05, 3.63) is 29.3 Å². The average Bonchev–Trinajstić information content (AvgIpc) is 2.98. The fourth-order valence-corrected chi connectivity index (χ4v) is 3.19. The molecular weight excluding hydrogens is 274 g/mol. The van der Waals surface area contributed by atoms with Crippen molar-refractivity contribution in [3.63, 3.8) is 0 Å². The highest BCUT2D eigenvalue weighted by Crippen LogP contribution is 2.24. The Bertz CT molecular complexity index is 483. The number of carbonyl (C=O) groups is 1. The van der Waals surface area contributed by atoms with Gasteiger partial charge in [-0.3, -0.25) is 4.79 Å². The molecule has 1 aliphatic rings. The van der Waals surface area contributed by atoms with E-state index < -0.39 is 0 Å². The summed E-state index contributed by atoms with van der Waals surface area (Å²) in [5.74, 6) is 0.105. The largest absolute Gasteiger partial charge is 0.338 e. The summed E-state index contributed by atoms with van der Waals surface area (Å²) in [6.07, 6.45) is 4.75. The van der Waals surface area contributed by atoms with Gasteiger partial charge in [0.2, 0.25) is 0 Å². The predicted octanol–water partition coefficient (Wildman–Crippen LogP) is -0.00800. The molecule has 0 saturated carbocycles. The van der Waals surface area contributed by atoms with Crippen molar-refractivity contribution in [2.45, 2.75) is 39.5 Å². The number of rotatable bonds is 9. The fraction of sp³-hybridized carbons (Fsp3) is 0.611. The molecule has 0 spiro atoms. The zero-order valence-electron chi connectivity index (χ0n) is 14.1. The van der Waals surface area contributed by atoms with Gasteiger partial charge >= 0.3 is 0 Å².